The van der Waals surface area contributed by atoms with Crippen molar-refractivity contribution in [3.05, 3.63) is 24.2 Å². The molecule has 0 radical (unpaired) electrons. The van der Waals surface area contributed by atoms with Crippen molar-refractivity contribution in [2.75, 3.05) is 26.2 Å². The molecule has 23 heavy (non-hydrogen) atoms. The Bertz CT molecular complexity index is 416. The molecule has 0 amide bonds. The Balaban J connectivity index is 2.48. The lowest BCUT2D eigenvalue weighted by atomic mass is 9.94. The fraction of sp³-hybridized carbons (Fsp3) is 0.722. The average molecular weight is 323 g/mol. The van der Waals surface area contributed by atoms with Gasteiger partial charge in [0.25, 0.3) is 0 Å². The van der Waals surface area contributed by atoms with Gasteiger partial charge >= 0.3 is 0 Å². The van der Waals surface area contributed by atoms with Gasteiger partial charge in [-0.25, -0.2) is 0 Å². The van der Waals surface area contributed by atoms with Gasteiger partial charge in [-0.1, -0.05) is 20.8 Å². The van der Waals surface area contributed by atoms with Gasteiger partial charge in [-0.05, 0) is 43.2 Å². The van der Waals surface area contributed by atoms with E-state index in [1.54, 1.807) is 6.26 Å². The summed E-state index contributed by atoms with van der Waals surface area (Å²) in [7, 11) is 0. The molecular formula is C18H33N3O2. The Morgan fingerprint density at radius 2 is 2.09 bits per heavy atom. The zero-order valence-corrected chi connectivity index (χ0v) is 14.8. The van der Waals surface area contributed by atoms with Gasteiger partial charge in [0.05, 0.1) is 6.26 Å². The summed E-state index contributed by atoms with van der Waals surface area (Å²) in [6, 6.07) is 3.89. The lowest BCUT2D eigenvalue weighted by Crippen LogP contribution is -2.39. The van der Waals surface area contributed by atoms with E-state index in [2.05, 4.69) is 31.4 Å². The highest BCUT2D eigenvalue weighted by molar-refractivity contribution is 5.79. The van der Waals surface area contributed by atoms with Gasteiger partial charge < -0.3 is 20.2 Å². The van der Waals surface area contributed by atoms with E-state index in [0.717, 1.165) is 57.0 Å². The minimum atomic E-state index is 0.233. The summed E-state index contributed by atoms with van der Waals surface area (Å²) in [6.07, 6.45) is 5.51. The molecule has 1 atom stereocenters. The first-order chi connectivity index (χ1) is 11.2. The number of hydrogen-bond acceptors (Lipinski definition) is 3. The molecule has 5 nitrogen and oxygen atoms in total. The monoisotopic (exact) mass is 323 g/mol. The maximum Gasteiger partial charge on any atom is 0.191 e. The molecule has 5 heteroatoms. The van der Waals surface area contributed by atoms with Gasteiger partial charge in [-0.15, -0.1) is 0 Å². The Morgan fingerprint density at radius 1 is 1.30 bits per heavy atom. The summed E-state index contributed by atoms with van der Waals surface area (Å²) in [5.41, 5.74) is 0. The lowest BCUT2D eigenvalue weighted by Gasteiger charge is -2.17. The Labute approximate surface area is 140 Å². The van der Waals surface area contributed by atoms with Crippen molar-refractivity contribution >= 4 is 5.96 Å². The van der Waals surface area contributed by atoms with E-state index in [1.165, 1.54) is 0 Å². The average Bonchev–Trinajstić information content (AvgIpc) is 3.02. The zero-order chi connectivity index (χ0) is 16.9. The van der Waals surface area contributed by atoms with Gasteiger partial charge in [0.15, 0.2) is 5.96 Å². The van der Waals surface area contributed by atoms with Crippen LogP contribution in [-0.4, -0.2) is 37.3 Å². The molecule has 1 aromatic rings. The van der Waals surface area contributed by atoms with Crippen LogP contribution in [0.1, 0.15) is 45.8 Å². The molecule has 0 aliphatic carbocycles. The predicted molar refractivity (Wildman–Crippen MR) is 95.7 cm³/mol. The standard InChI is InChI=1S/C18H33N3O2/c1-4-9-19-18(20-10-7-17-6-5-12-23-17)21-14-16(8-11-22)13-15(2)3/h5-6,12,15-16,22H,4,7-11,13-14H2,1-3H3,(H2,19,20,21). The normalized spacial score (nSPS) is 13.3. The molecule has 0 saturated heterocycles. The molecule has 0 fully saturated rings. The Hall–Kier alpha value is -1.49. The van der Waals surface area contributed by atoms with Gasteiger partial charge in [0, 0.05) is 32.7 Å². The number of guanidine groups is 1. The van der Waals surface area contributed by atoms with Crippen molar-refractivity contribution in [2.45, 2.75) is 46.5 Å². The van der Waals surface area contributed by atoms with Crippen molar-refractivity contribution in [1.29, 1.82) is 0 Å². The third-order valence-electron chi connectivity index (χ3n) is 3.64. The SMILES string of the molecule is CCCNC(=NCC(CCO)CC(C)C)NCCc1ccco1. The quantitative estimate of drug-likeness (QED) is 0.433. The topological polar surface area (TPSA) is 69.8 Å². The van der Waals surface area contributed by atoms with Crippen LogP contribution in [0.4, 0.5) is 0 Å². The highest BCUT2D eigenvalue weighted by atomic mass is 16.3. The maximum absolute atomic E-state index is 9.21. The number of furan rings is 1. The highest BCUT2D eigenvalue weighted by Gasteiger charge is 2.10. The number of rotatable bonds is 11. The summed E-state index contributed by atoms with van der Waals surface area (Å²) in [4.78, 5) is 4.70. The van der Waals surface area contributed by atoms with Crippen LogP contribution in [0.25, 0.3) is 0 Å². The van der Waals surface area contributed by atoms with Gasteiger partial charge in [-0.3, -0.25) is 4.99 Å². The number of hydrogen-bond donors (Lipinski definition) is 3. The van der Waals surface area contributed by atoms with Crippen molar-refractivity contribution in [3.63, 3.8) is 0 Å². The second-order valence-corrected chi connectivity index (χ2v) is 6.38. The van der Waals surface area contributed by atoms with Gasteiger partial charge in [-0.2, -0.15) is 0 Å². The van der Waals surface area contributed by atoms with Crippen LogP contribution < -0.4 is 10.6 Å². The first-order valence-corrected chi connectivity index (χ1v) is 8.81. The van der Waals surface area contributed by atoms with E-state index >= 15 is 0 Å². The second kappa shape index (κ2) is 12.0. The first kappa shape index (κ1) is 19.6. The molecule has 0 aliphatic heterocycles. The molecule has 3 N–H and O–H groups in total. The lowest BCUT2D eigenvalue weighted by molar-refractivity contribution is 0.245. The fourth-order valence-corrected chi connectivity index (χ4v) is 2.53. The van der Waals surface area contributed by atoms with E-state index in [-0.39, 0.29) is 6.61 Å². The third kappa shape index (κ3) is 9.29. The molecule has 0 spiro atoms. The molecule has 1 unspecified atom stereocenters. The van der Waals surface area contributed by atoms with Crippen LogP contribution in [-0.2, 0) is 6.42 Å². The molecule has 0 aromatic carbocycles. The van der Waals surface area contributed by atoms with Crippen LogP contribution in [0, 0.1) is 11.8 Å². The molecule has 1 aromatic heterocycles. The summed E-state index contributed by atoms with van der Waals surface area (Å²) in [5, 5.41) is 15.9. The van der Waals surface area contributed by atoms with Crippen LogP contribution in [0.2, 0.25) is 0 Å². The third-order valence-corrected chi connectivity index (χ3v) is 3.64. The number of aliphatic hydroxyl groups is 1. The van der Waals surface area contributed by atoms with Crippen molar-refractivity contribution < 1.29 is 9.52 Å². The second-order valence-electron chi connectivity index (χ2n) is 6.38. The minimum absolute atomic E-state index is 0.233. The highest BCUT2D eigenvalue weighted by Crippen LogP contribution is 2.15. The zero-order valence-electron chi connectivity index (χ0n) is 14.8. The number of nitrogens with zero attached hydrogens (tertiary/aromatic N) is 1. The van der Waals surface area contributed by atoms with Gasteiger partial charge in [0.2, 0.25) is 0 Å². The van der Waals surface area contributed by atoms with Crippen LogP contribution in [0.15, 0.2) is 27.8 Å². The summed E-state index contributed by atoms with van der Waals surface area (Å²) >= 11 is 0. The number of aliphatic imine (C=N–C) groups is 1. The van der Waals surface area contributed by atoms with E-state index in [1.807, 2.05) is 12.1 Å². The summed E-state index contributed by atoms with van der Waals surface area (Å²) < 4.78 is 5.34. The summed E-state index contributed by atoms with van der Waals surface area (Å²) in [5.74, 6) is 2.89. The summed E-state index contributed by atoms with van der Waals surface area (Å²) in [6.45, 7) is 9.24. The van der Waals surface area contributed by atoms with Gasteiger partial charge in [0.1, 0.15) is 5.76 Å². The molecule has 132 valence electrons. The van der Waals surface area contributed by atoms with Crippen molar-refractivity contribution in [3.8, 4) is 0 Å². The number of aliphatic hydroxyl groups excluding tert-OH is 1. The van der Waals surface area contributed by atoms with Crippen molar-refractivity contribution in [1.82, 2.24) is 10.6 Å². The predicted octanol–water partition coefficient (Wildman–Crippen LogP) is 2.81. The van der Waals surface area contributed by atoms with E-state index in [4.69, 9.17) is 9.41 Å². The molecule has 1 rings (SSSR count). The van der Waals surface area contributed by atoms with Crippen LogP contribution in [0.3, 0.4) is 0 Å². The van der Waals surface area contributed by atoms with Crippen LogP contribution >= 0.6 is 0 Å². The molecule has 0 aliphatic rings. The molecule has 1 heterocycles. The minimum Gasteiger partial charge on any atom is -0.469 e. The largest absolute Gasteiger partial charge is 0.469 e. The smallest absolute Gasteiger partial charge is 0.191 e. The molecule has 0 saturated carbocycles. The fourth-order valence-electron chi connectivity index (χ4n) is 2.53. The first-order valence-electron chi connectivity index (χ1n) is 8.81. The van der Waals surface area contributed by atoms with E-state index in [9.17, 15) is 5.11 Å². The Kier molecular flexibility index (Phi) is 10.2. The van der Waals surface area contributed by atoms with E-state index < -0.39 is 0 Å². The Morgan fingerprint density at radius 3 is 2.70 bits per heavy atom. The molecule has 0 bridgehead atoms. The maximum atomic E-state index is 9.21. The molecular weight excluding hydrogens is 290 g/mol. The van der Waals surface area contributed by atoms with Crippen molar-refractivity contribution in [2.24, 2.45) is 16.8 Å². The van der Waals surface area contributed by atoms with Crippen LogP contribution in [0.5, 0.6) is 0 Å². The van der Waals surface area contributed by atoms with E-state index in [0.29, 0.717) is 11.8 Å². The number of nitrogens with one attached hydrogen (secondary N) is 2.